The molecular weight excluding hydrogens is 354 g/mol. The predicted octanol–water partition coefficient (Wildman–Crippen LogP) is 1.62. The van der Waals surface area contributed by atoms with Crippen LogP contribution in [0, 0.1) is 11.8 Å². The Morgan fingerprint density at radius 1 is 1.11 bits per heavy atom. The van der Waals surface area contributed by atoms with E-state index in [1.165, 1.54) is 19.3 Å². The van der Waals surface area contributed by atoms with Crippen LogP contribution < -0.4 is 10.6 Å². The summed E-state index contributed by atoms with van der Waals surface area (Å²) in [5.74, 6) is 1.40. The number of carbonyl (C=O) groups is 2. The molecule has 1 saturated heterocycles. The maximum absolute atomic E-state index is 12.5. The quantitative estimate of drug-likeness (QED) is 0.569. The molecular formula is C21H33N5O2. The van der Waals surface area contributed by atoms with Crippen molar-refractivity contribution in [1.82, 2.24) is 25.7 Å². The Morgan fingerprint density at radius 2 is 1.93 bits per heavy atom. The third-order valence-electron chi connectivity index (χ3n) is 6.64. The van der Waals surface area contributed by atoms with Gasteiger partial charge in [0.05, 0.1) is 6.20 Å². The lowest BCUT2D eigenvalue weighted by molar-refractivity contribution is -0.127. The highest BCUT2D eigenvalue weighted by molar-refractivity contribution is 5.79. The zero-order chi connectivity index (χ0) is 19.3. The minimum absolute atomic E-state index is 0.133. The highest BCUT2D eigenvalue weighted by atomic mass is 16.2. The van der Waals surface area contributed by atoms with Gasteiger partial charge in [-0.15, -0.1) is 0 Å². The summed E-state index contributed by atoms with van der Waals surface area (Å²) in [7, 11) is 0. The Kier molecular flexibility index (Phi) is 6.29. The molecule has 1 aliphatic heterocycles. The highest BCUT2D eigenvalue weighted by Gasteiger charge is 2.38. The van der Waals surface area contributed by atoms with Crippen LogP contribution in [0.3, 0.4) is 0 Å². The second kappa shape index (κ2) is 9.07. The molecule has 0 radical (unpaired) electrons. The fourth-order valence-corrected chi connectivity index (χ4v) is 4.43. The Balaban J connectivity index is 1.23. The van der Waals surface area contributed by atoms with Crippen LogP contribution in [0.2, 0.25) is 0 Å². The molecule has 3 aliphatic rings. The number of carbonyl (C=O) groups excluding carboxylic acids is 2. The first-order valence-corrected chi connectivity index (χ1v) is 11.0. The van der Waals surface area contributed by atoms with Gasteiger partial charge in [0.25, 0.3) is 0 Å². The van der Waals surface area contributed by atoms with E-state index >= 15 is 0 Å². The highest BCUT2D eigenvalue weighted by Crippen LogP contribution is 2.35. The van der Waals surface area contributed by atoms with Crippen LogP contribution in [0.1, 0.15) is 56.9 Å². The van der Waals surface area contributed by atoms with E-state index < -0.39 is 0 Å². The number of aromatic nitrogens is 2. The van der Waals surface area contributed by atoms with Gasteiger partial charge in [-0.1, -0.05) is 6.42 Å². The van der Waals surface area contributed by atoms with Crippen LogP contribution in [0.5, 0.6) is 0 Å². The van der Waals surface area contributed by atoms with E-state index in [1.54, 1.807) is 6.20 Å². The van der Waals surface area contributed by atoms with Crippen molar-refractivity contribution in [2.75, 3.05) is 19.6 Å². The second-order valence-electron chi connectivity index (χ2n) is 8.81. The van der Waals surface area contributed by atoms with Crippen molar-refractivity contribution in [1.29, 1.82) is 0 Å². The van der Waals surface area contributed by atoms with Crippen molar-refractivity contribution in [3.05, 3.63) is 18.0 Å². The molecule has 7 heteroatoms. The average Bonchev–Trinajstić information content (AvgIpc) is 3.15. The molecule has 154 valence electrons. The van der Waals surface area contributed by atoms with Crippen molar-refractivity contribution in [3.8, 4) is 0 Å². The van der Waals surface area contributed by atoms with Crippen LogP contribution >= 0.6 is 0 Å². The number of H-pyrrole nitrogens is 1. The molecule has 3 fully saturated rings. The number of likely N-dealkylation sites (tertiary alicyclic amines) is 1. The van der Waals surface area contributed by atoms with E-state index in [9.17, 15) is 9.59 Å². The van der Waals surface area contributed by atoms with Gasteiger partial charge in [-0.25, -0.2) is 0 Å². The summed E-state index contributed by atoms with van der Waals surface area (Å²) in [4.78, 5) is 27.2. The van der Waals surface area contributed by atoms with Crippen LogP contribution in [-0.2, 0) is 16.0 Å². The van der Waals surface area contributed by atoms with E-state index in [4.69, 9.17) is 0 Å². The summed E-state index contributed by atoms with van der Waals surface area (Å²) in [6, 6.07) is 0.688. The van der Waals surface area contributed by atoms with Crippen LogP contribution in [-0.4, -0.2) is 58.6 Å². The zero-order valence-corrected chi connectivity index (χ0v) is 16.7. The Morgan fingerprint density at radius 3 is 2.61 bits per heavy atom. The minimum Gasteiger partial charge on any atom is -0.356 e. The van der Waals surface area contributed by atoms with Gasteiger partial charge in [0.1, 0.15) is 0 Å². The average molecular weight is 388 g/mol. The molecule has 2 heterocycles. The maximum Gasteiger partial charge on any atom is 0.223 e. The summed E-state index contributed by atoms with van der Waals surface area (Å²) in [5.41, 5.74) is 1.11. The smallest absolute Gasteiger partial charge is 0.223 e. The molecule has 2 amide bonds. The molecule has 4 rings (SSSR count). The number of hydrogen-bond donors (Lipinski definition) is 3. The van der Waals surface area contributed by atoms with Crippen molar-refractivity contribution in [2.45, 2.75) is 69.9 Å². The molecule has 0 spiro atoms. The Bertz CT molecular complexity index is 654. The van der Waals surface area contributed by atoms with Gasteiger partial charge in [0.2, 0.25) is 11.8 Å². The number of nitrogens with zero attached hydrogens (tertiary/aromatic N) is 2. The van der Waals surface area contributed by atoms with E-state index in [0.717, 1.165) is 56.7 Å². The summed E-state index contributed by atoms with van der Waals surface area (Å²) in [6.07, 6.45) is 13.0. The molecule has 1 aromatic heterocycles. The first-order chi connectivity index (χ1) is 13.7. The van der Waals surface area contributed by atoms with E-state index in [1.807, 2.05) is 6.20 Å². The van der Waals surface area contributed by atoms with Gasteiger partial charge in [-0.05, 0) is 56.4 Å². The monoisotopic (exact) mass is 387 g/mol. The SMILES string of the molecule is O=C(C[C@H]1CC[C@@H](CNC(=O)C2CCC2)N1CC1CC1)NCCc1cn[nH]c1. The van der Waals surface area contributed by atoms with Crippen molar-refractivity contribution in [3.63, 3.8) is 0 Å². The fourth-order valence-electron chi connectivity index (χ4n) is 4.43. The number of amides is 2. The summed E-state index contributed by atoms with van der Waals surface area (Å²) in [5, 5.41) is 13.0. The molecule has 0 aromatic carbocycles. The van der Waals surface area contributed by atoms with Crippen molar-refractivity contribution < 1.29 is 9.59 Å². The molecule has 1 aromatic rings. The Hall–Kier alpha value is -1.89. The topological polar surface area (TPSA) is 90.1 Å². The summed E-state index contributed by atoms with van der Waals surface area (Å²) < 4.78 is 0. The largest absolute Gasteiger partial charge is 0.356 e. The number of aromatic amines is 1. The molecule has 7 nitrogen and oxygen atoms in total. The van der Waals surface area contributed by atoms with E-state index in [0.29, 0.717) is 25.0 Å². The van der Waals surface area contributed by atoms with Crippen LogP contribution in [0.4, 0.5) is 0 Å². The molecule has 2 saturated carbocycles. The van der Waals surface area contributed by atoms with E-state index in [-0.39, 0.29) is 17.7 Å². The number of nitrogens with one attached hydrogen (secondary N) is 3. The molecule has 0 unspecified atom stereocenters. The third kappa shape index (κ3) is 5.13. The first kappa shape index (κ1) is 19.4. The fraction of sp³-hybridized carbons (Fsp3) is 0.762. The summed E-state index contributed by atoms with van der Waals surface area (Å²) >= 11 is 0. The van der Waals surface area contributed by atoms with Crippen LogP contribution in [0.15, 0.2) is 12.4 Å². The van der Waals surface area contributed by atoms with Crippen LogP contribution in [0.25, 0.3) is 0 Å². The molecule has 28 heavy (non-hydrogen) atoms. The standard InChI is InChI=1S/C21H33N5O2/c27-20(22-9-8-16-11-24-25-12-16)10-18-6-7-19(26(18)14-15-4-5-15)13-23-21(28)17-2-1-3-17/h11-12,15,17-19H,1-10,13-14H2,(H,22,27)(H,23,28)(H,24,25)/t18-,19+/m1/s1. The first-order valence-electron chi connectivity index (χ1n) is 11.0. The lowest BCUT2D eigenvalue weighted by atomic mass is 9.85. The van der Waals surface area contributed by atoms with Gasteiger partial charge < -0.3 is 10.6 Å². The molecule has 3 N–H and O–H groups in total. The van der Waals surface area contributed by atoms with E-state index in [2.05, 4.69) is 25.7 Å². The summed E-state index contributed by atoms with van der Waals surface area (Å²) in [6.45, 7) is 2.46. The third-order valence-corrected chi connectivity index (χ3v) is 6.64. The molecule has 2 aliphatic carbocycles. The van der Waals surface area contributed by atoms with Gasteiger partial charge in [0.15, 0.2) is 0 Å². The molecule has 0 bridgehead atoms. The predicted molar refractivity (Wildman–Crippen MR) is 107 cm³/mol. The number of hydrogen-bond acceptors (Lipinski definition) is 4. The lowest BCUT2D eigenvalue weighted by Gasteiger charge is -2.31. The second-order valence-corrected chi connectivity index (χ2v) is 8.81. The van der Waals surface area contributed by atoms with Gasteiger partial charge >= 0.3 is 0 Å². The van der Waals surface area contributed by atoms with Crippen molar-refractivity contribution >= 4 is 11.8 Å². The number of rotatable bonds is 10. The molecule has 2 atom stereocenters. The van der Waals surface area contributed by atoms with Gasteiger partial charge in [-0.3, -0.25) is 19.6 Å². The zero-order valence-electron chi connectivity index (χ0n) is 16.7. The van der Waals surface area contributed by atoms with Gasteiger partial charge in [-0.2, -0.15) is 5.10 Å². The lowest BCUT2D eigenvalue weighted by Crippen LogP contribution is -2.47. The van der Waals surface area contributed by atoms with Crippen molar-refractivity contribution in [2.24, 2.45) is 11.8 Å². The Labute approximate surface area is 167 Å². The van der Waals surface area contributed by atoms with Gasteiger partial charge in [0, 0.05) is 50.3 Å². The normalized spacial score (nSPS) is 25.4. The maximum atomic E-state index is 12.5. The minimum atomic E-state index is 0.133.